The van der Waals surface area contributed by atoms with Gasteiger partial charge in [0, 0.05) is 36.8 Å². The number of aliphatic hydroxyl groups excluding tert-OH is 1. The van der Waals surface area contributed by atoms with Crippen molar-refractivity contribution < 1.29 is 9.90 Å². The van der Waals surface area contributed by atoms with E-state index in [-0.39, 0.29) is 17.9 Å². The standard InChI is InChI=1S/C18H26N2O2/c1-4-20-12-14(15-7-5-6-8-16(15)20)11-17(22)19-13-18(2,3)9-10-21/h5-8,12,21H,4,9-11,13H2,1-3H3,(H,19,22). The number of rotatable bonds is 7. The SMILES string of the molecule is CCn1cc(CC(=O)NCC(C)(C)CCO)c2ccccc21. The zero-order valence-corrected chi connectivity index (χ0v) is 13.7. The zero-order chi connectivity index (χ0) is 16.2. The summed E-state index contributed by atoms with van der Waals surface area (Å²) < 4.78 is 2.17. The van der Waals surface area contributed by atoms with Gasteiger partial charge in [0.1, 0.15) is 0 Å². The van der Waals surface area contributed by atoms with E-state index in [1.54, 1.807) is 0 Å². The first-order valence-corrected chi connectivity index (χ1v) is 7.91. The molecule has 4 heteroatoms. The Morgan fingerprint density at radius 2 is 2.05 bits per heavy atom. The lowest BCUT2D eigenvalue weighted by Crippen LogP contribution is -2.35. The van der Waals surface area contributed by atoms with Crippen molar-refractivity contribution in [2.75, 3.05) is 13.2 Å². The average Bonchev–Trinajstić information content (AvgIpc) is 2.84. The van der Waals surface area contributed by atoms with E-state index in [4.69, 9.17) is 5.11 Å². The summed E-state index contributed by atoms with van der Waals surface area (Å²) in [5.41, 5.74) is 2.16. The summed E-state index contributed by atoms with van der Waals surface area (Å²) in [5, 5.41) is 13.2. The molecule has 2 rings (SSSR count). The third-order valence-electron chi connectivity index (χ3n) is 4.12. The van der Waals surface area contributed by atoms with Crippen LogP contribution in [0.1, 0.15) is 32.8 Å². The molecule has 0 saturated heterocycles. The molecule has 120 valence electrons. The highest BCUT2D eigenvalue weighted by molar-refractivity contribution is 5.89. The number of amides is 1. The highest BCUT2D eigenvalue weighted by atomic mass is 16.3. The van der Waals surface area contributed by atoms with Crippen molar-refractivity contribution in [1.82, 2.24) is 9.88 Å². The molecule has 0 fully saturated rings. The highest BCUT2D eigenvalue weighted by Gasteiger charge is 2.18. The van der Waals surface area contributed by atoms with Crippen molar-refractivity contribution in [2.45, 2.75) is 40.2 Å². The van der Waals surface area contributed by atoms with Gasteiger partial charge in [0.2, 0.25) is 5.91 Å². The summed E-state index contributed by atoms with van der Waals surface area (Å²) in [6.45, 7) is 7.82. The summed E-state index contributed by atoms with van der Waals surface area (Å²) in [4.78, 5) is 12.2. The minimum Gasteiger partial charge on any atom is -0.396 e. The number of fused-ring (bicyclic) bond motifs is 1. The Bertz CT molecular complexity index is 644. The Hall–Kier alpha value is -1.81. The van der Waals surface area contributed by atoms with Gasteiger partial charge in [-0.3, -0.25) is 4.79 Å². The van der Waals surface area contributed by atoms with E-state index in [2.05, 4.69) is 35.1 Å². The van der Waals surface area contributed by atoms with Gasteiger partial charge in [0.15, 0.2) is 0 Å². The van der Waals surface area contributed by atoms with Crippen LogP contribution in [0.4, 0.5) is 0 Å². The molecular weight excluding hydrogens is 276 g/mol. The van der Waals surface area contributed by atoms with Crippen LogP contribution >= 0.6 is 0 Å². The maximum Gasteiger partial charge on any atom is 0.224 e. The fraction of sp³-hybridized carbons (Fsp3) is 0.500. The number of carbonyl (C=O) groups excluding carboxylic acids is 1. The van der Waals surface area contributed by atoms with Crippen LogP contribution in [0.5, 0.6) is 0 Å². The Labute approximate surface area is 132 Å². The fourth-order valence-electron chi connectivity index (χ4n) is 2.69. The maximum atomic E-state index is 12.2. The van der Waals surface area contributed by atoms with Crippen LogP contribution in [0, 0.1) is 5.41 Å². The summed E-state index contributed by atoms with van der Waals surface area (Å²) >= 11 is 0. The minimum absolute atomic E-state index is 0.0324. The van der Waals surface area contributed by atoms with E-state index in [1.807, 2.05) is 26.0 Å². The first kappa shape index (κ1) is 16.6. The number of aromatic nitrogens is 1. The van der Waals surface area contributed by atoms with Crippen LogP contribution in [0.3, 0.4) is 0 Å². The van der Waals surface area contributed by atoms with E-state index in [1.165, 1.54) is 5.52 Å². The molecule has 4 nitrogen and oxygen atoms in total. The third kappa shape index (κ3) is 3.89. The largest absolute Gasteiger partial charge is 0.396 e. The quantitative estimate of drug-likeness (QED) is 0.826. The number of nitrogens with one attached hydrogen (secondary N) is 1. The van der Waals surface area contributed by atoms with Crippen molar-refractivity contribution in [3.05, 3.63) is 36.0 Å². The molecule has 0 atom stereocenters. The number of hydrogen-bond donors (Lipinski definition) is 2. The van der Waals surface area contributed by atoms with E-state index in [9.17, 15) is 4.79 Å². The summed E-state index contributed by atoms with van der Waals surface area (Å²) in [5.74, 6) is 0.0324. The molecule has 0 unspecified atom stereocenters. The van der Waals surface area contributed by atoms with Crippen LogP contribution < -0.4 is 5.32 Å². The minimum atomic E-state index is -0.0815. The van der Waals surface area contributed by atoms with E-state index in [0.717, 1.165) is 17.5 Å². The molecular formula is C18H26N2O2. The van der Waals surface area contributed by atoms with Gasteiger partial charge in [-0.15, -0.1) is 0 Å². The van der Waals surface area contributed by atoms with Crippen LogP contribution in [0.25, 0.3) is 10.9 Å². The maximum absolute atomic E-state index is 12.2. The molecule has 0 aliphatic rings. The molecule has 2 aromatic rings. The van der Waals surface area contributed by atoms with Crippen molar-refractivity contribution in [3.8, 4) is 0 Å². The second-order valence-electron chi connectivity index (χ2n) is 6.55. The van der Waals surface area contributed by atoms with Crippen LogP contribution in [-0.4, -0.2) is 28.7 Å². The van der Waals surface area contributed by atoms with Gasteiger partial charge in [-0.05, 0) is 30.4 Å². The topological polar surface area (TPSA) is 54.3 Å². The van der Waals surface area contributed by atoms with Gasteiger partial charge < -0.3 is 15.0 Å². The van der Waals surface area contributed by atoms with E-state index >= 15 is 0 Å². The average molecular weight is 302 g/mol. The fourth-order valence-corrected chi connectivity index (χ4v) is 2.69. The lowest BCUT2D eigenvalue weighted by atomic mass is 9.89. The molecule has 22 heavy (non-hydrogen) atoms. The van der Waals surface area contributed by atoms with E-state index < -0.39 is 0 Å². The number of aliphatic hydroxyl groups is 1. The lowest BCUT2D eigenvalue weighted by molar-refractivity contribution is -0.120. The summed E-state index contributed by atoms with van der Waals surface area (Å²) in [7, 11) is 0. The molecule has 0 aliphatic heterocycles. The summed E-state index contributed by atoms with van der Waals surface area (Å²) in [6, 6.07) is 8.19. The van der Waals surface area contributed by atoms with Crippen LogP contribution in [-0.2, 0) is 17.8 Å². The first-order valence-electron chi connectivity index (χ1n) is 7.91. The predicted molar refractivity (Wildman–Crippen MR) is 89.8 cm³/mol. The molecule has 1 heterocycles. The van der Waals surface area contributed by atoms with Gasteiger partial charge >= 0.3 is 0 Å². The molecule has 0 bridgehead atoms. The molecule has 0 radical (unpaired) electrons. The van der Waals surface area contributed by atoms with Gasteiger partial charge in [0.05, 0.1) is 6.42 Å². The lowest BCUT2D eigenvalue weighted by Gasteiger charge is -2.23. The predicted octanol–water partition coefficient (Wildman–Crippen LogP) is 2.73. The molecule has 0 saturated carbocycles. The first-order chi connectivity index (χ1) is 10.5. The zero-order valence-electron chi connectivity index (χ0n) is 13.7. The monoisotopic (exact) mass is 302 g/mol. The summed E-state index contributed by atoms with van der Waals surface area (Å²) in [6.07, 6.45) is 3.15. The highest BCUT2D eigenvalue weighted by Crippen LogP contribution is 2.22. The number of carbonyl (C=O) groups is 1. The third-order valence-corrected chi connectivity index (χ3v) is 4.12. The molecule has 1 aromatic heterocycles. The van der Waals surface area contributed by atoms with Gasteiger partial charge in [-0.1, -0.05) is 32.0 Å². The number of benzene rings is 1. The Morgan fingerprint density at radius 1 is 1.32 bits per heavy atom. The Kier molecular flexibility index (Phi) is 5.24. The normalized spacial score (nSPS) is 11.8. The molecule has 0 spiro atoms. The van der Waals surface area contributed by atoms with Crippen molar-refractivity contribution in [1.29, 1.82) is 0 Å². The smallest absolute Gasteiger partial charge is 0.224 e. The van der Waals surface area contributed by atoms with Crippen molar-refractivity contribution in [3.63, 3.8) is 0 Å². The Morgan fingerprint density at radius 3 is 2.73 bits per heavy atom. The molecule has 1 amide bonds. The number of hydrogen-bond acceptors (Lipinski definition) is 2. The van der Waals surface area contributed by atoms with Crippen LogP contribution in [0.2, 0.25) is 0 Å². The second kappa shape index (κ2) is 6.97. The van der Waals surface area contributed by atoms with Crippen molar-refractivity contribution in [2.24, 2.45) is 5.41 Å². The van der Waals surface area contributed by atoms with Gasteiger partial charge in [-0.25, -0.2) is 0 Å². The number of aryl methyl sites for hydroxylation is 1. The van der Waals surface area contributed by atoms with E-state index in [0.29, 0.717) is 19.4 Å². The molecule has 2 N–H and O–H groups in total. The van der Waals surface area contributed by atoms with Crippen molar-refractivity contribution >= 4 is 16.8 Å². The molecule has 0 aliphatic carbocycles. The number of para-hydroxylation sites is 1. The molecule has 1 aromatic carbocycles. The van der Waals surface area contributed by atoms with Gasteiger partial charge in [0.25, 0.3) is 0 Å². The Balaban J connectivity index is 2.06. The number of nitrogens with zero attached hydrogens (tertiary/aromatic N) is 1. The van der Waals surface area contributed by atoms with Gasteiger partial charge in [-0.2, -0.15) is 0 Å². The van der Waals surface area contributed by atoms with Crippen LogP contribution in [0.15, 0.2) is 30.5 Å². The second-order valence-corrected chi connectivity index (χ2v) is 6.55.